The van der Waals surface area contributed by atoms with Gasteiger partial charge >= 0.3 is 0 Å². The quantitative estimate of drug-likeness (QED) is 0.188. The maximum atomic E-state index is 4.32. The molecule has 0 fully saturated rings. The lowest BCUT2D eigenvalue weighted by molar-refractivity contribution is 1.33. The van der Waals surface area contributed by atoms with Crippen LogP contribution in [0.3, 0.4) is 0 Å². The molecule has 0 aliphatic heterocycles. The third-order valence-electron chi connectivity index (χ3n) is 9.20. The summed E-state index contributed by atoms with van der Waals surface area (Å²) in [6.07, 6.45) is 7.47. The molecule has 0 radical (unpaired) electrons. The lowest BCUT2D eigenvalue weighted by Gasteiger charge is -2.19. The molecule has 2 heteroatoms. The summed E-state index contributed by atoms with van der Waals surface area (Å²) in [7, 11) is 0. The van der Waals surface area contributed by atoms with Gasteiger partial charge < -0.3 is 0 Å². The van der Waals surface area contributed by atoms with Crippen LogP contribution in [0, 0.1) is 0 Å². The van der Waals surface area contributed by atoms with Gasteiger partial charge in [-0.1, -0.05) is 115 Å². The smallest absolute Gasteiger partial charge is 0.0346 e. The molecule has 46 heavy (non-hydrogen) atoms. The molecule has 0 spiro atoms. The highest BCUT2D eigenvalue weighted by molar-refractivity contribution is 6.28. The van der Waals surface area contributed by atoms with E-state index in [1.165, 1.54) is 65.7 Å². The van der Waals surface area contributed by atoms with Crippen molar-refractivity contribution in [2.45, 2.75) is 0 Å². The van der Waals surface area contributed by atoms with Gasteiger partial charge in [0.25, 0.3) is 0 Å². The van der Waals surface area contributed by atoms with E-state index in [0.29, 0.717) is 0 Å². The standard InChI is InChI=1S/C44H28N2/c1-2-6-29(7-3-1)38-24-34-18-20-39-41(32-14-10-30(11-15-32)36-8-4-22-45-27-36)26-42(40-21-19-35(25-38)43(34)44(39)40)33-16-12-31(13-17-33)37-9-5-23-46-28-37/h1-28H. The number of rotatable bonds is 5. The molecule has 0 aliphatic carbocycles. The second kappa shape index (κ2) is 10.8. The van der Waals surface area contributed by atoms with E-state index in [1.807, 2.05) is 36.9 Å². The van der Waals surface area contributed by atoms with Crippen molar-refractivity contribution in [2.24, 2.45) is 0 Å². The van der Waals surface area contributed by atoms with Crippen molar-refractivity contribution in [1.29, 1.82) is 0 Å². The maximum Gasteiger partial charge on any atom is 0.0346 e. The van der Waals surface area contributed by atoms with Gasteiger partial charge in [-0.3, -0.25) is 9.97 Å². The summed E-state index contributed by atoms with van der Waals surface area (Å²) in [5.41, 5.74) is 11.9. The largest absolute Gasteiger partial charge is 0.264 e. The molecule has 9 rings (SSSR count). The zero-order valence-electron chi connectivity index (χ0n) is 25.1. The van der Waals surface area contributed by atoms with E-state index in [-0.39, 0.29) is 0 Å². The summed E-state index contributed by atoms with van der Waals surface area (Å²) in [6, 6.07) is 53.0. The van der Waals surface area contributed by atoms with Gasteiger partial charge in [-0.25, -0.2) is 0 Å². The average molecular weight is 585 g/mol. The summed E-state index contributed by atoms with van der Waals surface area (Å²) >= 11 is 0. The zero-order chi connectivity index (χ0) is 30.5. The summed E-state index contributed by atoms with van der Waals surface area (Å²) in [4.78, 5) is 8.64. The number of nitrogens with zero attached hydrogens (tertiary/aromatic N) is 2. The molecule has 2 nitrogen and oxygen atoms in total. The maximum absolute atomic E-state index is 4.32. The summed E-state index contributed by atoms with van der Waals surface area (Å²) in [6.45, 7) is 0. The topological polar surface area (TPSA) is 25.8 Å². The van der Waals surface area contributed by atoms with Gasteiger partial charge in [-0.2, -0.15) is 0 Å². The molecule has 2 heterocycles. The van der Waals surface area contributed by atoms with E-state index in [2.05, 4.69) is 143 Å². The number of aromatic nitrogens is 2. The lowest BCUT2D eigenvalue weighted by atomic mass is 9.84. The first-order valence-electron chi connectivity index (χ1n) is 15.6. The van der Waals surface area contributed by atoms with Gasteiger partial charge in [0, 0.05) is 24.8 Å². The van der Waals surface area contributed by atoms with E-state index < -0.39 is 0 Å². The molecule has 7 aromatic carbocycles. The Labute approximate surface area is 267 Å². The molecule has 0 atom stereocenters. The Kier molecular flexibility index (Phi) is 6.17. The Morgan fingerprint density at radius 3 is 1.24 bits per heavy atom. The monoisotopic (exact) mass is 584 g/mol. The van der Waals surface area contributed by atoms with Crippen LogP contribution >= 0.6 is 0 Å². The Balaban J connectivity index is 1.28. The molecule has 0 amide bonds. The highest BCUT2D eigenvalue weighted by atomic mass is 14.6. The van der Waals surface area contributed by atoms with Crippen LogP contribution in [0.2, 0.25) is 0 Å². The third-order valence-corrected chi connectivity index (χ3v) is 9.20. The Bertz CT molecular complexity index is 2320. The molecular weight excluding hydrogens is 556 g/mol. The van der Waals surface area contributed by atoms with Crippen LogP contribution in [-0.4, -0.2) is 9.97 Å². The fraction of sp³-hybridized carbons (Fsp3) is 0. The Morgan fingerprint density at radius 1 is 0.304 bits per heavy atom. The van der Waals surface area contributed by atoms with Crippen LogP contribution in [0.4, 0.5) is 0 Å². The van der Waals surface area contributed by atoms with Gasteiger partial charge in [0.1, 0.15) is 0 Å². The third kappa shape index (κ3) is 4.43. The number of hydrogen-bond donors (Lipinski definition) is 0. The lowest BCUT2D eigenvalue weighted by Crippen LogP contribution is -1.92. The average Bonchev–Trinajstić information content (AvgIpc) is 3.14. The van der Waals surface area contributed by atoms with Gasteiger partial charge in [0.15, 0.2) is 0 Å². The van der Waals surface area contributed by atoms with Crippen molar-refractivity contribution in [3.05, 3.63) is 170 Å². The minimum absolute atomic E-state index is 1.12. The van der Waals surface area contributed by atoms with Crippen LogP contribution in [0.15, 0.2) is 170 Å². The minimum atomic E-state index is 1.12. The van der Waals surface area contributed by atoms with Gasteiger partial charge in [-0.15, -0.1) is 0 Å². The summed E-state index contributed by atoms with van der Waals surface area (Å²) in [5, 5.41) is 7.69. The van der Waals surface area contributed by atoms with E-state index in [4.69, 9.17) is 0 Å². The fourth-order valence-corrected chi connectivity index (χ4v) is 6.94. The predicted molar refractivity (Wildman–Crippen MR) is 193 cm³/mol. The second-order valence-corrected chi connectivity index (χ2v) is 11.9. The van der Waals surface area contributed by atoms with E-state index in [0.717, 1.165) is 22.3 Å². The van der Waals surface area contributed by atoms with Gasteiger partial charge in [0.2, 0.25) is 0 Å². The number of pyridine rings is 2. The summed E-state index contributed by atoms with van der Waals surface area (Å²) < 4.78 is 0. The van der Waals surface area contributed by atoms with Gasteiger partial charge in [0.05, 0.1) is 0 Å². The molecule has 0 unspecified atom stereocenters. The fourth-order valence-electron chi connectivity index (χ4n) is 6.94. The normalized spacial score (nSPS) is 11.5. The Morgan fingerprint density at radius 2 is 0.761 bits per heavy atom. The molecular formula is C44H28N2. The van der Waals surface area contributed by atoms with Crippen molar-refractivity contribution in [3.63, 3.8) is 0 Å². The molecule has 0 N–H and O–H groups in total. The van der Waals surface area contributed by atoms with Crippen LogP contribution in [0.1, 0.15) is 0 Å². The van der Waals surface area contributed by atoms with E-state index in [1.54, 1.807) is 0 Å². The second-order valence-electron chi connectivity index (χ2n) is 11.9. The van der Waals surface area contributed by atoms with Crippen molar-refractivity contribution < 1.29 is 0 Å². The molecule has 0 aliphatic rings. The van der Waals surface area contributed by atoms with Crippen LogP contribution in [0.5, 0.6) is 0 Å². The van der Waals surface area contributed by atoms with E-state index in [9.17, 15) is 0 Å². The van der Waals surface area contributed by atoms with E-state index >= 15 is 0 Å². The molecule has 0 bridgehead atoms. The first-order valence-corrected chi connectivity index (χ1v) is 15.6. The molecule has 0 saturated heterocycles. The van der Waals surface area contributed by atoms with Crippen molar-refractivity contribution in [3.8, 4) is 55.6 Å². The van der Waals surface area contributed by atoms with Crippen LogP contribution < -0.4 is 0 Å². The zero-order valence-corrected chi connectivity index (χ0v) is 25.1. The minimum Gasteiger partial charge on any atom is -0.264 e. The SMILES string of the molecule is c1ccc(-c2cc3ccc4c(-c5ccc(-c6cccnc6)cc5)cc(-c5ccc(-c6cccnc6)cc5)c5ccc(c2)c3c45)cc1. The predicted octanol–water partition coefficient (Wildman–Crippen LogP) is 11.7. The molecule has 0 saturated carbocycles. The number of benzene rings is 7. The first kappa shape index (κ1) is 26.3. The van der Waals surface area contributed by atoms with Crippen LogP contribution in [-0.2, 0) is 0 Å². The van der Waals surface area contributed by atoms with Crippen molar-refractivity contribution in [1.82, 2.24) is 9.97 Å². The molecule has 2 aromatic heterocycles. The van der Waals surface area contributed by atoms with Crippen LogP contribution in [0.25, 0.3) is 88.0 Å². The number of hydrogen-bond acceptors (Lipinski definition) is 2. The highest BCUT2D eigenvalue weighted by Gasteiger charge is 2.18. The molecule has 9 aromatic rings. The van der Waals surface area contributed by atoms with Crippen molar-refractivity contribution in [2.75, 3.05) is 0 Å². The van der Waals surface area contributed by atoms with Crippen molar-refractivity contribution >= 4 is 32.3 Å². The Hall–Kier alpha value is -6.12. The van der Waals surface area contributed by atoms with Gasteiger partial charge in [-0.05, 0) is 118 Å². The highest BCUT2D eigenvalue weighted by Crippen LogP contribution is 2.45. The first-order chi connectivity index (χ1) is 22.8. The summed E-state index contributed by atoms with van der Waals surface area (Å²) in [5.74, 6) is 0. The molecule has 214 valence electrons.